The van der Waals surface area contributed by atoms with Crippen molar-refractivity contribution in [2.24, 2.45) is 5.92 Å². The third kappa shape index (κ3) is 4.07. The Labute approximate surface area is 155 Å². The highest BCUT2D eigenvalue weighted by Gasteiger charge is 2.40. The fourth-order valence-electron chi connectivity index (χ4n) is 3.53. The standard InChI is InChI=1S/C22H26N2O2/c1-16-7-9-17(10-8-16)13-23-22(25)24-14-20(18-5-3-2-4-6-18)26-21(15-24)19-11-12-19/h2-10,19-21H,11-15H2,1H3,(H,23,25)/t20-,21+/m0/s1. The highest BCUT2D eigenvalue weighted by atomic mass is 16.5. The summed E-state index contributed by atoms with van der Waals surface area (Å²) in [7, 11) is 0. The Morgan fingerprint density at radius 1 is 1.08 bits per heavy atom. The molecule has 2 amide bonds. The minimum Gasteiger partial charge on any atom is -0.366 e. The van der Waals surface area contributed by atoms with Gasteiger partial charge in [0, 0.05) is 13.1 Å². The molecule has 1 N–H and O–H groups in total. The lowest BCUT2D eigenvalue weighted by Crippen LogP contribution is -2.51. The summed E-state index contributed by atoms with van der Waals surface area (Å²) in [6.45, 7) is 3.92. The molecule has 2 aliphatic rings. The predicted octanol–water partition coefficient (Wildman–Crippen LogP) is 4.06. The van der Waals surface area contributed by atoms with Gasteiger partial charge in [-0.1, -0.05) is 60.2 Å². The Kier molecular flexibility index (Phi) is 4.93. The summed E-state index contributed by atoms with van der Waals surface area (Å²) in [5, 5.41) is 3.07. The van der Waals surface area contributed by atoms with Crippen LogP contribution in [0.15, 0.2) is 54.6 Å². The first-order valence-electron chi connectivity index (χ1n) is 9.48. The Hall–Kier alpha value is -2.33. The Morgan fingerprint density at radius 3 is 2.50 bits per heavy atom. The van der Waals surface area contributed by atoms with Crippen molar-refractivity contribution in [2.75, 3.05) is 13.1 Å². The van der Waals surface area contributed by atoms with Crippen LogP contribution in [0.25, 0.3) is 0 Å². The van der Waals surface area contributed by atoms with E-state index in [1.807, 2.05) is 23.1 Å². The zero-order valence-electron chi connectivity index (χ0n) is 15.2. The molecule has 2 fully saturated rings. The maximum atomic E-state index is 12.8. The van der Waals surface area contributed by atoms with Gasteiger partial charge in [0.1, 0.15) is 6.10 Å². The SMILES string of the molecule is Cc1ccc(CNC(=O)N2C[C@@H](c3ccccc3)O[C@@H](C3CC3)C2)cc1. The van der Waals surface area contributed by atoms with Gasteiger partial charge in [0.25, 0.3) is 0 Å². The number of carbonyl (C=O) groups excluding carboxylic acids is 1. The quantitative estimate of drug-likeness (QED) is 0.903. The molecule has 0 unspecified atom stereocenters. The van der Waals surface area contributed by atoms with E-state index in [0.717, 1.165) is 11.1 Å². The monoisotopic (exact) mass is 350 g/mol. The van der Waals surface area contributed by atoms with Gasteiger partial charge >= 0.3 is 6.03 Å². The van der Waals surface area contributed by atoms with Gasteiger partial charge in [0.2, 0.25) is 0 Å². The third-order valence-corrected chi connectivity index (χ3v) is 5.30. The first kappa shape index (κ1) is 17.1. The summed E-state index contributed by atoms with van der Waals surface area (Å²) in [6, 6.07) is 18.5. The fourth-order valence-corrected chi connectivity index (χ4v) is 3.53. The first-order chi connectivity index (χ1) is 12.7. The minimum absolute atomic E-state index is 0.000422. The Bertz CT molecular complexity index is 740. The van der Waals surface area contributed by atoms with Gasteiger partial charge < -0.3 is 15.0 Å². The summed E-state index contributed by atoms with van der Waals surface area (Å²) in [5.41, 5.74) is 3.50. The van der Waals surface area contributed by atoms with E-state index in [1.54, 1.807) is 0 Å². The molecule has 4 heteroatoms. The summed E-state index contributed by atoms with van der Waals surface area (Å²) in [4.78, 5) is 14.7. The van der Waals surface area contributed by atoms with E-state index in [-0.39, 0.29) is 18.2 Å². The second-order valence-electron chi connectivity index (χ2n) is 7.46. The number of hydrogen-bond donors (Lipinski definition) is 1. The normalized spacial score (nSPS) is 22.9. The molecule has 2 atom stereocenters. The van der Waals surface area contributed by atoms with E-state index < -0.39 is 0 Å². The number of ether oxygens (including phenoxy) is 1. The smallest absolute Gasteiger partial charge is 0.317 e. The molecule has 1 saturated heterocycles. The van der Waals surface area contributed by atoms with Crippen LogP contribution in [0.1, 0.15) is 35.6 Å². The summed E-state index contributed by atoms with van der Waals surface area (Å²) in [6.07, 6.45) is 2.54. The van der Waals surface area contributed by atoms with E-state index >= 15 is 0 Å². The molecule has 4 nitrogen and oxygen atoms in total. The van der Waals surface area contributed by atoms with Crippen LogP contribution < -0.4 is 5.32 Å². The highest BCUT2D eigenvalue weighted by molar-refractivity contribution is 5.74. The molecule has 1 saturated carbocycles. The van der Waals surface area contributed by atoms with Gasteiger partial charge in [0.05, 0.1) is 12.6 Å². The third-order valence-electron chi connectivity index (χ3n) is 5.30. The van der Waals surface area contributed by atoms with E-state index in [9.17, 15) is 4.79 Å². The van der Waals surface area contributed by atoms with Crippen molar-refractivity contribution in [2.45, 2.75) is 38.5 Å². The number of morpholine rings is 1. The maximum absolute atomic E-state index is 12.8. The molecule has 0 bridgehead atoms. The molecule has 0 radical (unpaired) electrons. The highest BCUT2D eigenvalue weighted by Crippen LogP contribution is 2.39. The number of hydrogen-bond acceptors (Lipinski definition) is 2. The van der Waals surface area contributed by atoms with Crippen molar-refractivity contribution in [1.29, 1.82) is 0 Å². The van der Waals surface area contributed by atoms with Crippen molar-refractivity contribution in [1.82, 2.24) is 10.2 Å². The summed E-state index contributed by atoms with van der Waals surface area (Å²) >= 11 is 0. The van der Waals surface area contributed by atoms with Crippen LogP contribution in [-0.4, -0.2) is 30.1 Å². The predicted molar refractivity (Wildman–Crippen MR) is 102 cm³/mol. The topological polar surface area (TPSA) is 41.6 Å². The van der Waals surface area contributed by atoms with Crippen LogP contribution in [0.5, 0.6) is 0 Å². The first-order valence-corrected chi connectivity index (χ1v) is 9.48. The van der Waals surface area contributed by atoms with Crippen molar-refractivity contribution in [3.8, 4) is 0 Å². The average molecular weight is 350 g/mol. The molecule has 1 aliphatic heterocycles. The van der Waals surface area contributed by atoms with Crippen LogP contribution in [0.4, 0.5) is 4.79 Å². The lowest BCUT2D eigenvalue weighted by Gasteiger charge is -2.38. The van der Waals surface area contributed by atoms with Crippen LogP contribution in [0, 0.1) is 12.8 Å². The average Bonchev–Trinajstić information content (AvgIpc) is 3.53. The molecule has 2 aromatic carbocycles. The van der Waals surface area contributed by atoms with Crippen LogP contribution in [-0.2, 0) is 11.3 Å². The van der Waals surface area contributed by atoms with Gasteiger partial charge in [-0.2, -0.15) is 0 Å². The summed E-state index contributed by atoms with van der Waals surface area (Å²) in [5.74, 6) is 0.605. The zero-order chi connectivity index (χ0) is 17.9. The van der Waals surface area contributed by atoms with E-state index in [1.165, 1.54) is 18.4 Å². The zero-order valence-corrected chi connectivity index (χ0v) is 15.2. The maximum Gasteiger partial charge on any atom is 0.317 e. The van der Waals surface area contributed by atoms with Gasteiger partial charge in [-0.25, -0.2) is 4.79 Å². The second-order valence-corrected chi connectivity index (χ2v) is 7.46. The molecular weight excluding hydrogens is 324 g/mol. The molecule has 1 aliphatic carbocycles. The van der Waals surface area contributed by atoms with Crippen molar-refractivity contribution in [3.05, 3.63) is 71.3 Å². The van der Waals surface area contributed by atoms with Gasteiger partial charge in [0.15, 0.2) is 0 Å². The van der Waals surface area contributed by atoms with E-state index in [0.29, 0.717) is 25.6 Å². The van der Waals surface area contributed by atoms with Crippen molar-refractivity contribution in [3.63, 3.8) is 0 Å². The molecule has 0 aromatic heterocycles. The summed E-state index contributed by atoms with van der Waals surface area (Å²) < 4.78 is 6.33. The van der Waals surface area contributed by atoms with E-state index in [2.05, 4.69) is 48.6 Å². The molecule has 4 rings (SSSR count). The number of urea groups is 1. The van der Waals surface area contributed by atoms with Crippen molar-refractivity contribution >= 4 is 6.03 Å². The molecule has 1 heterocycles. The number of aryl methyl sites for hydroxylation is 1. The second kappa shape index (κ2) is 7.50. The number of nitrogens with zero attached hydrogens (tertiary/aromatic N) is 1. The largest absolute Gasteiger partial charge is 0.366 e. The van der Waals surface area contributed by atoms with E-state index in [4.69, 9.17) is 4.74 Å². The van der Waals surface area contributed by atoms with Crippen LogP contribution in [0.3, 0.4) is 0 Å². The molecule has 26 heavy (non-hydrogen) atoms. The number of benzene rings is 2. The van der Waals surface area contributed by atoms with Gasteiger partial charge in [-0.3, -0.25) is 0 Å². The van der Waals surface area contributed by atoms with Crippen LogP contribution in [0.2, 0.25) is 0 Å². The number of rotatable bonds is 4. The number of amides is 2. The van der Waals surface area contributed by atoms with Crippen LogP contribution >= 0.6 is 0 Å². The van der Waals surface area contributed by atoms with Gasteiger partial charge in [-0.05, 0) is 36.8 Å². The molecular formula is C22H26N2O2. The minimum atomic E-state index is -0.0410. The molecule has 136 valence electrons. The Balaban J connectivity index is 1.41. The van der Waals surface area contributed by atoms with Gasteiger partial charge in [-0.15, -0.1) is 0 Å². The fraction of sp³-hybridized carbons (Fsp3) is 0.409. The van der Waals surface area contributed by atoms with Crippen molar-refractivity contribution < 1.29 is 9.53 Å². The lowest BCUT2D eigenvalue weighted by molar-refractivity contribution is -0.0837. The number of carbonyl (C=O) groups is 1. The Morgan fingerprint density at radius 2 is 1.81 bits per heavy atom. The lowest BCUT2D eigenvalue weighted by atomic mass is 10.1. The molecule has 2 aromatic rings. The number of nitrogens with one attached hydrogen (secondary N) is 1. The molecule has 0 spiro atoms.